The molecule has 0 bridgehead atoms. The molecule has 0 saturated heterocycles. The maximum atomic E-state index is 12.5. The Morgan fingerprint density at radius 1 is 1.14 bits per heavy atom. The van der Waals surface area contributed by atoms with Crippen molar-refractivity contribution in [3.05, 3.63) is 34.4 Å². The molecular formula is C18H25NO2. The van der Waals surface area contributed by atoms with Gasteiger partial charge in [-0.25, -0.2) is 0 Å². The van der Waals surface area contributed by atoms with Crippen molar-refractivity contribution in [3.8, 4) is 0 Å². The molecule has 0 unspecified atom stereocenters. The second-order valence-corrected chi connectivity index (χ2v) is 5.65. The zero-order valence-electron chi connectivity index (χ0n) is 13.7. The minimum Gasteiger partial charge on any atom is -0.289 e. The van der Waals surface area contributed by atoms with Gasteiger partial charge in [0.15, 0.2) is 0 Å². The van der Waals surface area contributed by atoms with Crippen molar-refractivity contribution >= 4 is 17.8 Å². The highest BCUT2D eigenvalue weighted by Crippen LogP contribution is 2.20. The molecule has 0 radical (unpaired) electrons. The summed E-state index contributed by atoms with van der Waals surface area (Å²) < 4.78 is 0. The van der Waals surface area contributed by atoms with Gasteiger partial charge in [-0.05, 0) is 36.8 Å². The molecule has 3 heteroatoms. The molecule has 1 aromatic rings. The summed E-state index contributed by atoms with van der Waals surface area (Å²) in [6.07, 6.45) is 3.21. The zero-order valence-corrected chi connectivity index (χ0v) is 13.7. The van der Waals surface area contributed by atoms with Gasteiger partial charge >= 0.3 is 0 Å². The molecule has 0 aliphatic rings. The number of carbonyl (C=O) groups excluding carboxylic acids is 2. The number of nitrogens with zero attached hydrogens (tertiary/aromatic N) is 1. The van der Waals surface area contributed by atoms with Gasteiger partial charge in [0.05, 0.1) is 0 Å². The van der Waals surface area contributed by atoms with Crippen LogP contribution < -0.4 is 0 Å². The molecule has 0 aromatic heterocycles. The van der Waals surface area contributed by atoms with E-state index in [0.29, 0.717) is 5.56 Å². The smallest absolute Gasteiger partial charge is 0.231 e. The van der Waals surface area contributed by atoms with Crippen molar-refractivity contribution < 1.29 is 9.59 Å². The van der Waals surface area contributed by atoms with Crippen LogP contribution in [0.1, 0.15) is 54.7 Å². The Morgan fingerprint density at radius 2 is 1.67 bits per heavy atom. The molecular weight excluding hydrogens is 262 g/mol. The summed E-state index contributed by atoms with van der Waals surface area (Å²) in [5, 5.41) is 0. The van der Waals surface area contributed by atoms with Crippen molar-refractivity contribution in [2.24, 2.45) is 10.9 Å². The maximum absolute atomic E-state index is 12.5. The quantitative estimate of drug-likeness (QED) is 0.437. The van der Waals surface area contributed by atoms with Crippen LogP contribution in [0.5, 0.6) is 0 Å². The fraction of sp³-hybridized carbons (Fsp3) is 0.500. The predicted molar refractivity (Wildman–Crippen MR) is 87.5 cm³/mol. The minimum atomic E-state index is -0.430. The predicted octanol–water partition coefficient (Wildman–Crippen LogP) is 3.60. The van der Waals surface area contributed by atoms with Crippen molar-refractivity contribution in [2.75, 3.05) is 6.54 Å². The average Bonchev–Trinajstić information content (AvgIpc) is 2.44. The SMILES string of the molecule is CCc1cc(C)cc(CC)c1C(=O)C(=O)CN=CC(C)C. The summed E-state index contributed by atoms with van der Waals surface area (Å²) in [4.78, 5) is 28.6. The summed E-state index contributed by atoms with van der Waals surface area (Å²) in [5.74, 6) is -0.547. The van der Waals surface area contributed by atoms with Crippen LogP contribution in [0.4, 0.5) is 0 Å². The molecule has 0 heterocycles. The molecule has 1 rings (SSSR count). The first kappa shape index (κ1) is 17.3. The van der Waals surface area contributed by atoms with Crippen molar-refractivity contribution in [1.29, 1.82) is 0 Å². The zero-order chi connectivity index (χ0) is 16.0. The third-order valence-electron chi connectivity index (χ3n) is 3.33. The normalized spacial score (nSPS) is 11.3. The molecule has 0 amide bonds. The topological polar surface area (TPSA) is 46.5 Å². The lowest BCUT2D eigenvalue weighted by molar-refractivity contribution is -0.113. The lowest BCUT2D eigenvalue weighted by atomic mass is 9.91. The van der Waals surface area contributed by atoms with Gasteiger partial charge in [0, 0.05) is 11.8 Å². The number of benzene rings is 1. The number of hydrogen-bond acceptors (Lipinski definition) is 3. The van der Waals surface area contributed by atoms with E-state index >= 15 is 0 Å². The fourth-order valence-corrected chi connectivity index (χ4v) is 2.35. The van der Waals surface area contributed by atoms with Gasteiger partial charge in [0.2, 0.25) is 11.6 Å². The molecule has 21 heavy (non-hydrogen) atoms. The van der Waals surface area contributed by atoms with Gasteiger partial charge in [-0.1, -0.05) is 45.4 Å². The summed E-state index contributed by atoms with van der Waals surface area (Å²) in [5.41, 5.74) is 3.64. The van der Waals surface area contributed by atoms with E-state index in [1.54, 1.807) is 6.21 Å². The number of ketones is 2. The van der Waals surface area contributed by atoms with Gasteiger partial charge in [0.1, 0.15) is 6.54 Å². The van der Waals surface area contributed by atoms with Crippen molar-refractivity contribution in [2.45, 2.75) is 47.5 Å². The molecule has 0 fully saturated rings. The van der Waals surface area contributed by atoms with E-state index in [9.17, 15) is 9.59 Å². The van der Waals surface area contributed by atoms with Crippen LogP contribution >= 0.6 is 0 Å². The largest absolute Gasteiger partial charge is 0.289 e. The third kappa shape index (κ3) is 4.62. The van der Waals surface area contributed by atoms with Crippen molar-refractivity contribution in [3.63, 3.8) is 0 Å². The highest BCUT2D eigenvalue weighted by molar-refractivity contribution is 6.45. The van der Waals surface area contributed by atoms with Crippen LogP contribution in [-0.4, -0.2) is 24.3 Å². The molecule has 1 aromatic carbocycles. The van der Waals surface area contributed by atoms with E-state index in [1.165, 1.54) is 0 Å². The highest BCUT2D eigenvalue weighted by Gasteiger charge is 2.21. The molecule has 0 aliphatic heterocycles. The fourth-order valence-electron chi connectivity index (χ4n) is 2.35. The van der Waals surface area contributed by atoms with Crippen LogP contribution in [0.3, 0.4) is 0 Å². The summed E-state index contributed by atoms with van der Waals surface area (Å²) in [6.45, 7) is 9.94. The van der Waals surface area contributed by atoms with Gasteiger partial charge in [-0.3, -0.25) is 14.6 Å². The number of aliphatic imine (C=N–C) groups is 1. The number of Topliss-reactive ketones (excluding diaryl/α,β-unsaturated/α-hetero) is 2. The average molecular weight is 287 g/mol. The monoisotopic (exact) mass is 287 g/mol. The summed E-state index contributed by atoms with van der Waals surface area (Å²) in [7, 11) is 0. The van der Waals surface area contributed by atoms with E-state index in [-0.39, 0.29) is 12.5 Å². The first-order valence-corrected chi connectivity index (χ1v) is 7.60. The minimum absolute atomic E-state index is 0.0583. The first-order chi connectivity index (χ1) is 9.90. The number of carbonyl (C=O) groups is 2. The second-order valence-electron chi connectivity index (χ2n) is 5.65. The maximum Gasteiger partial charge on any atom is 0.231 e. The van der Waals surface area contributed by atoms with E-state index in [2.05, 4.69) is 4.99 Å². The molecule has 0 atom stereocenters. The second kappa shape index (κ2) is 7.87. The summed E-state index contributed by atoms with van der Waals surface area (Å²) >= 11 is 0. The van der Waals surface area contributed by atoms with Crippen LogP contribution in [-0.2, 0) is 17.6 Å². The lowest BCUT2D eigenvalue weighted by Crippen LogP contribution is -2.21. The molecule has 0 saturated carbocycles. The lowest BCUT2D eigenvalue weighted by Gasteiger charge is -2.12. The van der Waals surface area contributed by atoms with Crippen LogP contribution in [0.15, 0.2) is 17.1 Å². The molecule has 0 spiro atoms. The van der Waals surface area contributed by atoms with E-state index < -0.39 is 11.6 Å². The number of hydrogen-bond donors (Lipinski definition) is 0. The Labute approximate surface area is 127 Å². The number of aryl methyl sites for hydroxylation is 3. The molecule has 0 aliphatic carbocycles. The Bertz CT molecular complexity index is 531. The standard InChI is InChI=1S/C18H25NO2/c1-6-14-8-13(5)9-15(7-2)17(14)18(21)16(20)11-19-10-12(3)4/h8-10,12H,6-7,11H2,1-5H3. The Balaban J connectivity index is 3.08. The van der Waals surface area contributed by atoms with Crippen LogP contribution in [0.25, 0.3) is 0 Å². The summed E-state index contributed by atoms with van der Waals surface area (Å²) in [6, 6.07) is 3.99. The van der Waals surface area contributed by atoms with Gasteiger partial charge < -0.3 is 0 Å². The Morgan fingerprint density at radius 3 is 2.10 bits per heavy atom. The van der Waals surface area contributed by atoms with E-state index in [1.807, 2.05) is 46.8 Å². The third-order valence-corrected chi connectivity index (χ3v) is 3.33. The first-order valence-electron chi connectivity index (χ1n) is 7.60. The van der Waals surface area contributed by atoms with E-state index in [4.69, 9.17) is 0 Å². The molecule has 3 nitrogen and oxygen atoms in total. The molecule has 0 N–H and O–H groups in total. The van der Waals surface area contributed by atoms with Gasteiger partial charge in [0.25, 0.3) is 0 Å². The van der Waals surface area contributed by atoms with Gasteiger partial charge in [-0.15, -0.1) is 0 Å². The van der Waals surface area contributed by atoms with E-state index in [0.717, 1.165) is 29.5 Å². The molecule has 114 valence electrons. The highest BCUT2D eigenvalue weighted by atomic mass is 16.2. The van der Waals surface area contributed by atoms with Crippen LogP contribution in [0.2, 0.25) is 0 Å². The Kier molecular flexibility index (Phi) is 6.47. The Hall–Kier alpha value is -1.77. The van der Waals surface area contributed by atoms with Gasteiger partial charge in [-0.2, -0.15) is 0 Å². The van der Waals surface area contributed by atoms with Crippen LogP contribution in [0, 0.1) is 12.8 Å². The number of rotatable bonds is 7. The van der Waals surface area contributed by atoms with Crippen molar-refractivity contribution in [1.82, 2.24) is 0 Å².